The van der Waals surface area contributed by atoms with E-state index in [0.717, 1.165) is 47.6 Å². The molecule has 2 aliphatic heterocycles. The number of hydrogen-bond acceptors (Lipinski definition) is 3. The van der Waals surface area contributed by atoms with Crippen molar-refractivity contribution in [2.75, 3.05) is 18.0 Å². The van der Waals surface area contributed by atoms with Crippen LogP contribution in [0.2, 0.25) is 0 Å². The maximum Gasteiger partial charge on any atom is 0.329 e. The summed E-state index contributed by atoms with van der Waals surface area (Å²) < 4.78 is 14.7. The zero-order chi connectivity index (χ0) is 20.4. The zero-order valence-corrected chi connectivity index (χ0v) is 16.5. The van der Waals surface area contributed by atoms with Gasteiger partial charge in [0.2, 0.25) is 0 Å². The topological polar surface area (TPSA) is 52.7 Å². The molecule has 2 fully saturated rings. The molecule has 3 amide bonds. The van der Waals surface area contributed by atoms with Crippen molar-refractivity contribution in [3.8, 4) is 0 Å². The van der Waals surface area contributed by atoms with Crippen LogP contribution in [0.15, 0.2) is 48.2 Å². The Bertz CT molecular complexity index is 980. The van der Waals surface area contributed by atoms with Gasteiger partial charge in [0.1, 0.15) is 11.5 Å². The van der Waals surface area contributed by atoms with E-state index in [-0.39, 0.29) is 17.8 Å². The van der Waals surface area contributed by atoms with Crippen molar-refractivity contribution in [2.45, 2.75) is 32.7 Å². The third kappa shape index (κ3) is 4.16. The lowest BCUT2D eigenvalue weighted by molar-refractivity contribution is -0.123. The number of amides is 3. The molecule has 0 spiro atoms. The van der Waals surface area contributed by atoms with Crippen LogP contribution < -0.4 is 10.2 Å². The predicted octanol–water partition coefficient (Wildman–Crippen LogP) is 4.22. The zero-order valence-electron chi connectivity index (χ0n) is 16.5. The van der Waals surface area contributed by atoms with E-state index in [4.69, 9.17) is 0 Å². The van der Waals surface area contributed by atoms with Gasteiger partial charge in [0, 0.05) is 24.3 Å². The van der Waals surface area contributed by atoms with Gasteiger partial charge in [-0.15, -0.1) is 0 Å². The van der Waals surface area contributed by atoms with Crippen molar-refractivity contribution in [2.24, 2.45) is 0 Å². The molecule has 1 N–H and O–H groups in total. The fourth-order valence-corrected chi connectivity index (χ4v) is 3.85. The first-order chi connectivity index (χ1) is 14.0. The van der Waals surface area contributed by atoms with Crippen LogP contribution >= 0.6 is 0 Å². The van der Waals surface area contributed by atoms with Gasteiger partial charge < -0.3 is 10.2 Å². The van der Waals surface area contributed by atoms with Gasteiger partial charge >= 0.3 is 6.03 Å². The van der Waals surface area contributed by atoms with Crippen LogP contribution in [-0.2, 0) is 11.3 Å². The van der Waals surface area contributed by atoms with Crippen molar-refractivity contribution < 1.29 is 14.0 Å². The van der Waals surface area contributed by atoms with Gasteiger partial charge in [0.25, 0.3) is 5.91 Å². The van der Waals surface area contributed by atoms with E-state index in [1.165, 1.54) is 18.6 Å². The average molecular weight is 393 g/mol. The fourth-order valence-electron chi connectivity index (χ4n) is 3.85. The molecule has 29 heavy (non-hydrogen) atoms. The minimum absolute atomic E-state index is 0.0901. The SMILES string of the molecule is Cc1cccc(CN2C(=O)N/C(=C/c3ccc(N4CCCCC4)cc3F)C2=O)c1. The first-order valence-electron chi connectivity index (χ1n) is 9.96. The summed E-state index contributed by atoms with van der Waals surface area (Å²) in [7, 11) is 0. The molecular formula is C23H24FN3O2. The van der Waals surface area contributed by atoms with E-state index in [2.05, 4.69) is 10.2 Å². The van der Waals surface area contributed by atoms with Crippen LogP contribution in [-0.4, -0.2) is 29.9 Å². The van der Waals surface area contributed by atoms with Crippen molar-refractivity contribution in [3.63, 3.8) is 0 Å². The Hall–Kier alpha value is -3.15. The lowest BCUT2D eigenvalue weighted by atomic mass is 10.1. The summed E-state index contributed by atoms with van der Waals surface area (Å²) >= 11 is 0. The summed E-state index contributed by atoms with van der Waals surface area (Å²) in [6, 6.07) is 12.2. The second-order valence-electron chi connectivity index (χ2n) is 7.62. The highest BCUT2D eigenvalue weighted by Crippen LogP contribution is 2.24. The summed E-state index contributed by atoms with van der Waals surface area (Å²) in [6.45, 7) is 4.00. The number of benzene rings is 2. The molecule has 2 heterocycles. The molecule has 0 atom stereocenters. The number of urea groups is 1. The molecule has 0 unspecified atom stereocenters. The fraction of sp³-hybridized carbons (Fsp3) is 0.304. The Morgan fingerprint density at radius 2 is 1.86 bits per heavy atom. The maximum absolute atomic E-state index is 14.7. The van der Waals surface area contributed by atoms with Gasteiger partial charge in [-0.05, 0) is 56.0 Å². The molecule has 2 aromatic carbocycles. The largest absolute Gasteiger partial charge is 0.371 e. The van der Waals surface area contributed by atoms with E-state index in [1.54, 1.807) is 6.07 Å². The van der Waals surface area contributed by atoms with Gasteiger partial charge in [-0.25, -0.2) is 9.18 Å². The van der Waals surface area contributed by atoms with E-state index < -0.39 is 17.8 Å². The number of carbonyl (C=O) groups excluding carboxylic acids is 2. The number of aryl methyl sites for hydroxylation is 1. The number of carbonyl (C=O) groups is 2. The van der Waals surface area contributed by atoms with Crippen molar-refractivity contribution in [3.05, 3.63) is 70.7 Å². The van der Waals surface area contributed by atoms with Crippen LogP contribution in [0.5, 0.6) is 0 Å². The lowest BCUT2D eigenvalue weighted by Crippen LogP contribution is -2.30. The van der Waals surface area contributed by atoms with Gasteiger partial charge in [0.05, 0.1) is 6.54 Å². The number of rotatable bonds is 4. The Morgan fingerprint density at radius 3 is 2.59 bits per heavy atom. The molecule has 0 bridgehead atoms. The minimum atomic E-state index is -0.492. The maximum atomic E-state index is 14.7. The van der Waals surface area contributed by atoms with Crippen molar-refractivity contribution >= 4 is 23.7 Å². The summed E-state index contributed by atoms with van der Waals surface area (Å²) in [5.74, 6) is -0.851. The standard InChI is InChI=1S/C23H24FN3O2/c1-16-6-5-7-17(12-16)15-27-22(28)21(25-23(27)29)13-18-8-9-19(14-20(18)24)26-10-3-2-4-11-26/h5-9,12-14H,2-4,10-11,15H2,1H3,(H,25,29)/b21-13+. The molecule has 0 saturated carbocycles. The molecular weight excluding hydrogens is 369 g/mol. The summed E-state index contributed by atoms with van der Waals surface area (Å²) in [4.78, 5) is 28.3. The number of imide groups is 1. The summed E-state index contributed by atoms with van der Waals surface area (Å²) in [5.41, 5.74) is 3.15. The molecule has 2 aliphatic rings. The number of nitrogens with one attached hydrogen (secondary N) is 1. The van der Waals surface area contributed by atoms with E-state index >= 15 is 0 Å². The second kappa shape index (κ2) is 8.07. The third-order valence-electron chi connectivity index (χ3n) is 5.39. The Kier molecular flexibility index (Phi) is 5.34. The van der Waals surface area contributed by atoms with Gasteiger partial charge in [-0.3, -0.25) is 9.69 Å². The number of hydrogen-bond donors (Lipinski definition) is 1. The van der Waals surface area contributed by atoms with Crippen LogP contribution in [0.25, 0.3) is 6.08 Å². The highest BCUT2D eigenvalue weighted by Gasteiger charge is 2.33. The molecule has 2 aromatic rings. The molecule has 150 valence electrons. The van der Waals surface area contributed by atoms with Crippen LogP contribution in [0.3, 0.4) is 0 Å². The van der Waals surface area contributed by atoms with Crippen molar-refractivity contribution in [1.82, 2.24) is 10.2 Å². The normalized spacial score (nSPS) is 18.5. The molecule has 0 aromatic heterocycles. The monoisotopic (exact) mass is 393 g/mol. The van der Waals surface area contributed by atoms with Crippen LogP contribution in [0, 0.1) is 12.7 Å². The summed E-state index contributed by atoms with van der Waals surface area (Å²) in [5, 5.41) is 2.56. The number of piperidine rings is 1. The average Bonchev–Trinajstić information content (AvgIpc) is 2.97. The highest BCUT2D eigenvalue weighted by atomic mass is 19.1. The molecule has 5 nitrogen and oxygen atoms in total. The van der Waals surface area contributed by atoms with Crippen LogP contribution in [0.4, 0.5) is 14.9 Å². The summed E-state index contributed by atoms with van der Waals surface area (Å²) in [6.07, 6.45) is 4.85. The van der Waals surface area contributed by atoms with E-state index in [0.29, 0.717) is 0 Å². The van der Waals surface area contributed by atoms with Crippen LogP contribution in [0.1, 0.15) is 36.0 Å². The smallest absolute Gasteiger partial charge is 0.329 e. The minimum Gasteiger partial charge on any atom is -0.371 e. The molecule has 2 saturated heterocycles. The Labute approximate surface area is 169 Å². The molecule has 0 radical (unpaired) electrons. The van der Waals surface area contributed by atoms with Crippen molar-refractivity contribution in [1.29, 1.82) is 0 Å². The van der Waals surface area contributed by atoms with E-state index in [1.807, 2.05) is 37.3 Å². The second-order valence-corrected chi connectivity index (χ2v) is 7.62. The molecule has 6 heteroatoms. The third-order valence-corrected chi connectivity index (χ3v) is 5.39. The number of nitrogens with zero attached hydrogens (tertiary/aromatic N) is 2. The number of halogens is 1. The highest BCUT2D eigenvalue weighted by molar-refractivity contribution is 6.13. The lowest BCUT2D eigenvalue weighted by Gasteiger charge is -2.28. The Balaban J connectivity index is 1.52. The van der Waals surface area contributed by atoms with E-state index in [9.17, 15) is 14.0 Å². The number of anilines is 1. The molecule has 0 aliphatic carbocycles. The van der Waals surface area contributed by atoms with Gasteiger partial charge in [0.15, 0.2) is 0 Å². The predicted molar refractivity (Wildman–Crippen MR) is 111 cm³/mol. The first-order valence-corrected chi connectivity index (χ1v) is 9.96. The van der Waals surface area contributed by atoms with Gasteiger partial charge in [-0.1, -0.05) is 29.8 Å². The molecule has 4 rings (SSSR count). The quantitative estimate of drug-likeness (QED) is 0.625. The Morgan fingerprint density at radius 1 is 1.07 bits per heavy atom. The first kappa shape index (κ1) is 19.2. The van der Waals surface area contributed by atoms with Gasteiger partial charge in [-0.2, -0.15) is 0 Å².